The summed E-state index contributed by atoms with van der Waals surface area (Å²) in [7, 11) is 6.66. The second-order valence-corrected chi connectivity index (χ2v) is 5.07. The number of hydrogen-bond donors (Lipinski definition) is 2. The molecule has 2 aromatic rings. The summed E-state index contributed by atoms with van der Waals surface area (Å²) in [5, 5.41) is 9.15. The van der Waals surface area contributed by atoms with E-state index in [9.17, 15) is 0 Å². The van der Waals surface area contributed by atoms with Crippen LogP contribution in [0.1, 0.15) is 5.69 Å². The SMILES string of the molecule is CNCc1csc(Nc2cc(OC)c(OC)c(OC)c2)n1. The lowest BCUT2D eigenvalue weighted by Crippen LogP contribution is -2.05. The highest BCUT2D eigenvalue weighted by molar-refractivity contribution is 7.13. The van der Waals surface area contributed by atoms with Gasteiger partial charge in [0.15, 0.2) is 16.6 Å². The average Bonchev–Trinajstić information content (AvgIpc) is 2.93. The lowest BCUT2D eigenvalue weighted by Gasteiger charge is -2.14. The third kappa shape index (κ3) is 3.56. The Hall–Kier alpha value is -1.99. The molecule has 1 aromatic carbocycles. The number of rotatable bonds is 7. The number of ether oxygens (including phenoxy) is 3. The zero-order valence-corrected chi connectivity index (χ0v) is 13.3. The highest BCUT2D eigenvalue weighted by Gasteiger charge is 2.13. The molecule has 0 radical (unpaired) electrons. The molecule has 0 amide bonds. The van der Waals surface area contributed by atoms with Gasteiger partial charge in [-0.25, -0.2) is 4.98 Å². The van der Waals surface area contributed by atoms with Crippen LogP contribution in [0, 0.1) is 0 Å². The summed E-state index contributed by atoms with van der Waals surface area (Å²) in [4.78, 5) is 4.48. The van der Waals surface area contributed by atoms with E-state index >= 15 is 0 Å². The Morgan fingerprint density at radius 2 is 1.76 bits per heavy atom. The monoisotopic (exact) mass is 309 g/mol. The lowest BCUT2D eigenvalue weighted by atomic mass is 10.2. The Morgan fingerprint density at radius 1 is 1.10 bits per heavy atom. The standard InChI is InChI=1S/C14H19N3O3S/c1-15-7-10-8-21-14(17-10)16-9-5-11(18-2)13(20-4)12(6-9)19-3/h5-6,8,15H,7H2,1-4H3,(H,16,17). The molecule has 0 aliphatic carbocycles. The fraction of sp³-hybridized carbons (Fsp3) is 0.357. The molecule has 0 fully saturated rings. The van der Waals surface area contributed by atoms with Crippen molar-refractivity contribution in [2.75, 3.05) is 33.7 Å². The van der Waals surface area contributed by atoms with Crippen molar-refractivity contribution in [3.63, 3.8) is 0 Å². The fourth-order valence-electron chi connectivity index (χ4n) is 1.90. The summed E-state index contributed by atoms with van der Waals surface area (Å²) < 4.78 is 16.0. The van der Waals surface area contributed by atoms with E-state index in [0.29, 0.717) is 17.2 Å². The van der Waals surface area contributed by atoms with Gasteiger partial charge in [0.2, 0.25) is 5.75 Å². The normalized spacial score (nSPS) is 10.3. The molecule has 0 atom stereocenters. The van der Waals surface area contributed by atoms with Gasteiger partial charge < -0.3 is 24.8 Å². The van der Waals surface area contributed by atoms with Crippen molar-refractivity contribution in [1.29, 1.82) is 0 Å². The van der Waals surface area contributed by atoms with E-state index in [-0.39, 0.29) is 0 Å². The lowest BCUT2D eigenvalue weighted by molar-refractivity contribution is 0.324. The summed E-state index contributed by atoms with van der Waals surface area (Å²) in [6.45, 7) is 0.743. The molecule has 21 heavy (non-hydrogen) atoms. The highest BCUT2D eigenvalue weighted by Crippen LogP contribution is 2.40. The topological polar surface area (TPSA) is 64.6 Å². The Morgan fingerprint density at radius 3 is 2.29 bits per heavy atom. The van der Waals surface area contributed by atoms with Crippen LogP contribution >= 0.6 is 11.3 Å². The maximum atomic E-state index is 5.33. The van der Waals surface area contributed by atoms with Crippen LogP contribution in [0.5, 0.6) is 17.2 Å². The Balaban J connectivity index is 2.26. The van der Waals surface area contributed by atoms with Crippen molar-refractivity contribution in [2.24, 2.45) is 0 Å². The van der Waals surface area contributed by atoms with Gasteiger partial charge in [0, 0.05) is 29.7 Å². The van der Waals surface area contributed by atoms with E-state index in [0.717, 1.165) is 23.1 Å². The van der Waals surface area contributed by atoms with Gasteiger partial charge in [-0.1, -0.05) is 0 Å². The van der Waals surface area contributed by atoms with E-state index < -0.39 is 0 Å². The third-order valence-electron chi connectivity index (χ3n) is 2.83. The van der Waals surface area contributed by atoms with Crippen LogP contribution < -0.4 is 24.8 Å². The van der Waals surface area contributed by atoms with Gasteiger partial charge in [-0.3, -0.25) is 0 Å². The first kappa shape index (κ1) is 15.4. The van der Waals surface area contributed by atoms with Crippen molar-refractivity contribution in [3.05, 3.63) is 23.2 Å². The summed E-state index contributed by atoms with van der Waals surface area (Å²) in [5.74, 6) is 1.78. The van der Waals surface area contributed by atoms with Crippen LogP contribution in [0.2, 0.25) is 0 Å². The summed E-state index contributed by atoms with van der Waals surface area (Å²) >= 11 is 1.55. The zero-order valence-electron chi connectivity index (χ0n) is 12.5. The second-order valence-electron chi connectivity index (χ2n) is 4.21. The van der Waals surface area contributed by atoms with E-state index in [1.54, 1.807) is 32.7 Å². The molecule has 2 rings (SSSR count). The second kappa shape index (κ2) is 7.14. The van der Waals surface area contributed by atoms with E-state index in [2.05, 4.69) is 15.6 Å². The van der Waals surface area contributed by atoms with Crippen LogP contribution in [-0.4, -0.2) is 33.4 Å². The summed E-state index contributed by atoms with van der Waals surface area (Å²) in [5.41, 5.74) is 1.83. The van der Waals surface area contributed by atoms with Crippen molar-refractivity contribution in [3.8, 4) is 17.2 Å². The maximum Gasteiger partial charge on any atom is 0.203 e. The molecule has 0 aliphatic rings. The van der Waals surface area contributed by atoms with Gasteiger partial charge in [0.25, 0.3) is 0 Å². The molecule has 114 valence electrons. The van der Waals surface area contributed by atoms with Crippen LogP contribution in [0.25, 0.3) is 0 Å². The fourth-order valence-corrected chi connectivity index (χ4v) is 2.63. The number of nitrogens with one attached hydrogen (secondary N) is 2. The molecular weight excluding hydrogens is 290 g/mol. The van der Waals surface area contributed by atoms with Crippen LogP contribution in [-0.2, 0) is 6.54 Å². The predicted octanol–water partition coefficient (Wildman–Crippen LogP) is 2.63. The van der Waals surface area contributed by atoms with Gasteiger partial charge in [-0.15, -0.1) is 11.3 Å². The van der Waals surface area contributed by atoms with E-state index in [1.165, 1.54) is 0 Å². The predicted molar refractivity (Wildman–Crippen MR) is 84.3 cm³/mol. The first-order valence-corrected chi connectivity index (χ1v) is 7.25. The first-order valence-electron chi connectivity index (χ1n) is 6.37. The summed E-state index contributed by atoms with van der Waals surface area (Å²) in [6, 6.07) is 3.70. The molecule has 0 saturated heterocycles. The average molecular weight is 309 g/mol. The Bertz CT molecular complexity index is 576. The Labute approximate surface area is 128 Å². The molecule has 1 heterocycles. The first-order chi connectivity index (χ1) is 10.2. The molecule has 0 unspecified atom stereocenters. The van der Waals surface area contributed by atoms with Gasteiger partial charge in [0.1, 0.15) is 0 Å². The molecule has 6 nitrogen and oxygen atoms in total. The Kier molecular flexibility index (Phi) is 5.24. The van der Waals surface area contributed by atoms with Crippen LogP contribution in [0.4, 0.5) is 10.8 Å². The third-order valence-corrected chi connectivity index (χ3v) is 3.63. The van der Waals surface area contributed by atoms with Gasteiger partial charge in [-0.2, -0.15) is 0 Å². The van der Waals surface area contributed by atoms with Crippen LogP contribution in [0.3, 0.4) is 0 Å². The van der Waals surface area contributed by atoms with Crippen molar-refractivity contribution >= 4 is 22.2 Å². The van der Waals surface area contributed by atoms with Crippen molar-refractivity contribution in [1.82, 2.24) is 10.3 Å². The van der Waals surface area contributed by atoms with E-state index in [4.69, 9.17) is 14.2 Å². The molecule has 0 saturated carbocycles. The smallest absolute Gasteiger partial charge is 0.203 e. The summed E-state index contributed by atoms with van der Waals surface area (Å²) in [6.07, 6.45) is 0. The molecule has 0 bridgehead atoms. The number of thiazole rings is 1. The number of nitrogens with zero attached hydrogens (tertiary/aromatic N) is 1. The number of methoxy groups -OCH3 is 3. The number of aromatic nitrogens is 1. The largest absolute Gasteiger partial charge is 0.493 e. The van der Waals surface area contributed by atoms with E-state index in [1.807, 2.05) is 24.6 Å². The molecular formula is C14H19N3O3S. The van der Waals surface area contributed by atoms with Gasteiger partial charge in [-0.05, 0) is 7.05 Å². The zero-order chi connectivity index (χ0) is 15.2. The van der Waals surface area contributed by atoms with Gasteiger partial charge >= 0.3 is 0 Å². The van der Waals surface area contributed by atoms with Crippen molar-refractivity contribution in [2.45, 2.75) is 6.54 Å². The number of hydrogen-bond acceptors (Lipinski definition) is 7. The minimum absolute atomic E-state index is 0.570. The minimum Gasteiger partial charge on any atom is -0.493 e. The van der Waals surface area contributed by atoms with Gasteiger partial charge in [0.05, 0.1) is 27.0 Å². The molecule has 0 aliphatic heterocycles. The minimum atomic E-state index is 0.570. The highest BCUT2D eigenvalue weighted by atomic mass is 32.1. The number of benzene rings is 1. The van der Waals surface area contributed by atoms with Crippen LogP contribution in [0.15, 0.2) is 17.5 Å². The number of anilines is 2. The molecule has 1 aromatic heterocycles. The van der Waals surface area contributed by atoms with Crippen molar-refractivity contribution < 1.29 is 14.2 Å². The quantitative estimate of drug-likeness (QED) is 0.820. The molecule has 7 heteroatoms. The maximum absolute atomic E-state index is 5.33. The molecule has 2 N–H and O–H groups in total. The molecule has 0 spiro atoms.